The zero-order valence-electron chi connectivity index (χ0n) is 11.7. The molecule has 0 N–H and O–H groups in total. The minimum atomic E-state index is -0.616. The number of carbonyl (C=O) groups excluding carboxylic acids is 1. The molecule has 0 unspecified atom stereocenters. The zero-order chi connectivity index (χ0) is 14.7. The van der Waals surface area contributed by atoms with Gasteiger partial charge in [-0.05, 0) is 25.1 Å². The van der Waals surface area contributed by atoms with Crippen LogP contribution in [0.1, 0.15) is 29.1 Å². The lowest BCUT2D eigenvalue weighted by atomic mass is 10.2. The number of hydrogen-bond acceptors (Lipinski definition) is 4. The number of hydrogen-bond donors (Lipinski definition) is 0. The first-order valence-corrected chi connectivity index (χ1v) is 6.83. The van der Waals surface area contributed by atoms with Gasteiger partial charge in [0, 0.05) is 23.5 Å². The van der Waals surface area contributed by atoms with Gasteiger partial charge in [-0.15, -0.1) is 0 Å². The van der Waals surface area contributed by atoms with Crippen LogP contribution in [-0.4, -0.2) is 28.6 Å². The maximum atomic E-state index is 12.5. The Hall–Kier alpha value is -2.24. The van der Waals surface area contributed by atoms with Crippen LogP contribution in [0.3, 0.4) is 0 Å². The van der Waals surface area contributed by atoms with E-state index in [1.807, 2.05) is 37.3 Å². The maximum absolute atomic E-state index is 12.5. The molecule has 2 heterocycles. The Morgan fingerprint density at radius 1 is 1.24 bits per heavy atom. The van der Waals surface area contributed by atoms with Crippen LogP contribution in [0.25, 0.3) is 0 Å². The predicted octanol–water partition coefficient (Wildman–Crippen LogP) is 2.57. The van der Waals surface area contributed by atoms with Crippen LogP contribution in [0.15, 0.2) is 54.9 Å². The van der Waals surface area contributed by atoms with E-state index in [1.165, 1.54) is 5.06 Å². The van der Waals surface area contributed by atoms with E-state index in [2.05, 4.69) is 4.98 Å². The van der Waals surface area contributed by atoms with Crippen molar-refractivity contribution in [2.45, 2.75) is 19.3 Å². The Labute approximate surface area is 123 Å². The molecule has 1 aromatic carbocycles. The lowest BCUT2D eigenvalue weighted by molar-refractivity contribution is -0.320. The second-order valence-corrected chi connectivity index (χ2v) is 4.90. The Kier molecular flexibility index (Phi) is 3.94. The van der Waals surface area contributed by atoms with Crippen LogP contribution in [0.4, 0.5) is 0 Å². The van der Waals surface area contributed by atoms with Gasteiger partial charge >= 0.3 is 0 Å². The quantitative estimate of drug-likeness (QED) is 0.850. The van der Waals surface area contributed by atoms with Crippen LogP contribution >= 0.6 is 0 Å². The molecule has 0 spiro atoms. The van der Waals surface area contributed by atoms with Crippen LogP contribution in [0, 0.1) is 0 Å². The van der Waals surface area contributed by atoms with Gasteiger partial charge in [-0.2, -0.15) is 0 Å². The largest absolute Gasteiger partial charge is 0.341 e. The monoisotopic (exact) mass is 284 g/mol. The average molecular weight is 284 g/mol. The average Bonchev–Trinajstić information content (AvgIpc) is 2.55. The van der Waals surface area contributed by atoms with Crippen LogP contribution < -0.4 is 0 Å². The van der Waals surface area contributed by atoms with Gasteiger partial charge in [0.2, 0.25) is 6.29 Å². The van der Waals surface area contributed by atoms with Gasteiger partial charge in [-0.25, -0.2) is 9.90 Å². The molecule has 1 fully saturated rings. The number of benzene rings is 1. The summed E-state index contributed by atoms with van der Waals surface area (Å²) in [7, 11) is 0. The lowest BCUT2D eigenvalue weighted by Crippen LogP contribution is -2.44. The van der Waals surface area contributed by atoms with Crippen molar-refractivity contribution in [2.24, 2.45) is 0 Å². The predicted molar refractivity (Wildman–Crippen MR) is 76.1 cm³/mol. The van der Waals surface area contributed by atoms with Crippen LogP contribution in [0.2, 0.25) is 0 Å². The van der Waals surface area contributed by atoms with Gasteiger partial charge in [0.05, 0.1) is 12.6 Å². The van der Waals surface area contributed by atoms with Crippen molar-refractivity contribution in [2.75, 3.05) is 6.54 Å². The summed E-state index contributed by atoms with van der Waals surface area (Å²) in [5, 5.41) is 1.36. The van der Waals surface area contributed by atoms with E-state index in [-0.39, 0.29) is 12.0 Å². The van der Waals surface area contributed by atoms with Crippen LogP contribution in [0.5, 0.6) is 0 Å². The molecule has 108 valence electrons. The molecule has 5 heteroatoms. The van der Waals surface area contributed by atoms with Crippen LogP contribution in [-0.2, 0) is 9.57 Å². The summed E-state index contributed by atoms with van der Waals surface area (Å²) in [5.41, 5.74) is 1.38. The highest BCUT2D eigenvalue weighted by Crippen LogP contribution is 2.27. The van der Waals surface area contributed by atoms with E-state index in [4.69, 9.17) is 9.57 Å². The summed E-state index contributed by atoms with van der Waals surface area (Å²) in [4.78, 5) is 22.2. The Morgan fingerprint density at radius 3 is 2.76 bits per heavy atom. The Balaban J connectivity index is 1.79. The van der Waals surface area contributed by atoms with Gasteiger partial charge in [-0.3, -0.25) is 9.78 Å². The number of pyridine rings is 1. The number of rotatable bonds is 2. The third-order valence-corrected chi connectivity index (χ3v) is 3.21. The van der Waals surface area contributed by atoms with Crippen molar-refractivity contribution in [3.8, 4) is 0 Å². The molecule has 3 rings (SSSR count). The van der Waals surface area contributed by atoms with Gasteiger partial charge in [0.25, 0.3) is 5.91 Å². The molecule has 1 aliphatic heterocycles. The van der Waals surface area contributed by atoms with E-state index < -0.39 is 6.29 Å². The second kappa shape index (κ2) is 6.03. The van der Waals surface area contributed by atoms with Gasteiger partial charge in [-0.1, -0.05) is 24.3 Å². The Morgan fingerprint density at radius 2 is 2.05 bits per heavy atom. The van der Waals surface area contributed by atoms with Crippen molar-refractivity contribution in [1.82, 2.24) is 10.0 Å². The van der Waals surface area contributed by atoms with E-state index in [0.29, 0.717) is 12.1 Å². The zero-order valence-corrected chi connectivity index (χ0v) is 11.7. The van der Waals surface area contributed by atoms with Gasteiger partial charge in [0.15, 0.2) is 0 Å². The van der Waals surface area contributed by atoms with Crippen molar-refractivity contribution < 1.29 is 14.4 Å². The fourth-order valence-corrected chi connectivity index (χ4v) is 2.18. The molecule has 0 radical (unpaired) electrons. The highest BCUT2D eigenvalue weighted by Gasteiger charge is 2.31. The number of nitrogens with zero attached hydrogens (tertiary/aromatic N) is 2. The van der Waals surface area contributed by atoms with Crippen molar-refractivity contribution in [1.29, 1.82) is 0 Å². The fourth-order valence-electron chi connectivity index (χ4n) is 2.18. The van der Waals surface area contributed by atoms with E-state index in [9.17, 15) is 4.79 Å². The second-order valence-electron chi connectivity index (χ2n) is 4.90. The molecule has 1 aromatic heterocycles. The summed E-state index contributed by atoms with van der Waals surface area (Å²) in [6.45, 7) is 2.31. The first-order valence-electron chi connectivity index (χ1n) is 6.83. The number of hydroxylamine groups is 2. The molecule has 1 aliphatic rings. The van der Waals surface area contributed by atoms with Gasteiger partial charge < -0.3 is 4.74 Å². The smallest absolute Gasteiger partial charge is 0.277 e. The Bertz CT molecular complexity index is 603. The minimum Gasteiger partial charge on any atom is -0.341 e. The van der Waals surface area contributed by atoms with Crippen molar-refractivity contribution in [3.63, 3.8) is 0 Å². The summed E-state index contributed by atoms with van der Waals surface area (Å²) >= 11 is 0. The first-order chi connectivity index (χ1) is 10.2. The first kappa shape index (κ1) is 13.7. The summed E-state index contributed by atoms with van der Waals surface area (Å²) in [5.74, 6) is -0.167. The highest BCUT2D eigenvalue weighted by atomic mass is 16.8. The molecule has 2 aromatic rings. The highest BCUT2D eigenvalue weighted by molar-refractivity contribution is 5.93. The van der Waals surface area contributed by atoms with Crippen molar-refractivity contribution >= 4 is 5.91 Å². The summed E-state index contributed by atoms with van der Waals surface area (Å²) in [6, 6.07) is 12.7. The third kappa shape index (κ3) is 3.09. The maximum Gasteiger partial charge on any atom is 0.277 e. The minimum absolute atomic E-state index is 0.114. The SMILES string of the molecule is C[C@H]1CN(C(=O)c2ccccc2)O[C@@H](c2cccnc2)O1. The molecule has 1 saturated heterocycles. The normalized spacial score (nSPS) is 22.0. The van der Waals surface area contributed by atoms with E-state index >= 15 is 0 Å². The molecule has 2 atom stereocenters. The van der Waals surface area contributed by atoms with Crippen molar-refractivity contribution in [3.05, 3.63) is 66.0 Å². The van der Waals surface area contributed by atoms with E-state index in [0.717, 1.165) is 5.56 Å². The third-order valence-electron chi connectivity index (χ3n) is 3.21. The number of ether oxygens (including phenoxy) is 1. The summed E-state index contributed by atoms with van der Waals surface area (Å²) in [6.07, 6.45) is 2.63. The number of amides is 1. The molecular weight excluding hydrogens is 268 g/mol. The fraction of sp³-hybridized carbons (Fsp3) is 0.250. The number of carbonyl (C=O) groups is 1. The molecule has 1 amide bonds. The molecular formula is C16H16N2O3. The molecule has 0 aliphatic carbocycles. The topological polar surface area (TPSA) is 51.7 Å². The summed E-state index contributed by atoms with van der Waals surface area (Å²) < 4.78 is 5.73. The molecule has 0 bridgehead atoms. The molecule has 21 heavy (non-hydrogen) atoms. The number of aromatic nitrogens is 1. The molecule has 0 saturated carbocycles. The lowest BCUT2D eigenvalue weighted by Gasteiger charge is -2.35. The van der Waals surface area contributed by atoms with Gasteiger partial charge in [0.1, 0.15) is 0 Å². The molecule has 5 nitrogen and oxygen atoms in total. The van der Waals surface area contributed by atoms with E-state index in [1.54, 1.807) is 24.5 Å². The standard InChI is InChI=1S/C16H16N2O3/c1-12-11-18(15(19)13-6-3-2-4-7-13)21-16(20-12)14-8-5-9-17-10-14/h2-10,12,16H,11H2,1H3/t12-,16-/m0/s1.